The highest BCUT2D eigenvalue weighted by Gasteiger charge is 2.38. The van der Waals surface area contributed by atoms with Gasteiger partial charge in [0.1, 0.15) is 11.3 Å². The van der Waals surface area contributed by atoms with Crippen LogP contribution in [0.4, 0.5) is 18.9 Å². The first-order valence-corrected chi connectivity index (χ1v) is 9.28. The van der Waals surface area contributed by atoms with E-state index in [-0.39, 0.29) is 36.0 Å². The molecule has 0 fully saturated rings. The third-order valence-electron chi connectivity index (χ3n) is 4.86. The number of fused-ring (bicyclic) bond motifs is 1. The molecule has 2 N–H and O–H groups in total. The Hall–Kier alpha value is -4.42. The van der Waals surface area contributed by atoms with E-state index in [9.17, 15) is 33.2 Å². The van der Waals surface area contributed by atoms with Crippen LogP contribution in [0, 0.1) is 10.1 Å². The van der Waals surface area contributed by atoms with Gasteiger partial charge in [-0.3, -0.25) is 14.9 Å². The molecule has 0 amide bonds. The van der Waals surface area contributed by atoms with Crippen LogP contribution >= 0.6 is 0 Å². The van der Waals surface area contributed by atoms with Crippen LogP contribution in [0.15, 0.2) is 47.1 Å². The van der Waals surface area contributed by atoms with Crippen LogP contribution in [-0.4, -0.2) is 35.8 Å². The molecule has 0 aliphatic heterocycles. The van der Waals surface area contributed by atoms with Gasteiger partial charge < -0.3 is 19.3 Å². The van der Waals surface area contributed by atoms with Crippen LogP contribution in [0.5, 0.6) is 5.75 Å². The third-order valence-corrected chi connectivity index (χ3v) is 4.86. The monoisotopic (exact) mass is 462 g/mol. The number of hydrogen-bond acceptors (Lipinski definition) is 7. The van der Waals surface area contributed by atoms with Gasteiger partial charge in [0.2, 0.25) is 5.82 Å². The maximum Gasteiger partial charge on any atom is 0.423 e. The Bertz CT molecular complexity index is 1390. The van der Waals surface area contributed by atoms with Crippen molar-refractivity contribution in [2.45, 2.75) is 19.1 Å². The number of aryl methyl sites for hydroxylation is 1. The second-order valence-corrected chi connectivity index (χ2v) is 6.99. The van der Waals surface area contributed by atoms with Crippen LogP contribution in [-0.2, 0) is 17.5 Å². The van der Waals surface area contributed by atoms with Gasteiger partial charge in [-0.1, -0.05) is 5.16 Å². The minimum Gasteiger partial charge on any atom is -0.506 e. The van der Waals surface area contributed by atoms with E-state index in [1.165, 1.54) is 12.3 Å². The fourth-order valence-electron chi connectivity index (χ4n) is 3.33. The number of carbonyl (C=O) groups is 1. The largest absolute Gasteiger partial charge is 0.506 e. The molecule has 0 saturated carbocycles. The van der Waals surface area contributed by atoms with Crippen LogP contribution in [0.3, 0.4) is 0 Å². The number of nitrogens with zero attached hydrogens (tertiary/aromatic N) is 4. The number of alkyl halides is 3. The Morgan fingerprint density at radius 3 is 2.58 bits per heavy atom. The number of hydrogen-bond donors (Lipinski definition) is 2. The summed E-state index contributed by atoms with van der Waals surface area (Å²) in [5.41, 5.74) is -1.76. The highest BCUT2D eigenvalue weighted by molar-refractivity contribution is 5.90. The highest BCUT2D eigenvalue weighted by atomic mass is 19.4. The van der Waals surface area contributed by atoms with Crippen molar-refractivity contribution in [2.75, 3.05) is 0 Å². The SMILES string of the molecule is O=C(O)CCn1cc(O)c2cc(-c3noc(-c4ccc([N+](=O)[O-])c(C(F)(F)F)c4)n3)ccc21. The number of carboxylic acid groups (broad SMARTS) is 1. The fraction of sp³-hybridized carbons (Fsp3) is 0.150. The van der Waals surface area contributed by atoms with Crippen LogP contribution in [0.1, 0.15) is 12.0 Å². The number of aromatic nitrogens is 3. The molecule has 0 atom stereocenters. The summed E-state index contributed by atoms with van der Waals surface area (Å²) in [6.45, 7) is 0.139. The summed E-state index contributed by atoms with van der Waals surface area (Å²) in [5.74, 6) is -1.37. The van der Waals surface area contributed by atoms with Crippen molar-refractivity contribution in [2.24, 2.45) is 0 Å². The van der Waals surface area contributed by atoms with E-state index < -0.39 is 28.3 Å². The number of nitro benzene ring substituents is 1. The van der Waals surface area contributed by atoms with Gasteiger partial charge in [-0.2, -0.15) is 18.2 Å². The number of aliphatic carboxylic acids is 1. The summed E-state index contributed by atoms with van der Waals surface area (Å²) in [7, 11) is 0. The first-order valence-electron chi connectivity index (χ1n) is 9.28. The zero-order valence-electron chi connectivity index (χ0n) is 16.4. The van der Waals surface area contributed by atoms with E-state index in [2.05, 4.69) is 10.1 Å². The molecule has 2 aromatic carbocycles. The average Bonchev–Trinajstić information content (AvgIpc) is 3.36. The lowest BCUT2D eigenvalue weighted by Crippen LogP contribution is -2.09. The van der Waals surface area contributed by atoms with Gasteiger partial charge in [0, 0.05) is 35.3 Å². The van der Waals surface area contributed by atoms with Crippen molar-refractivity contribution in [1.29, 1.82) is 0 Å². The molecule has 4 rings (SSSR count). The molecule has 33 heavy (non-hydrogen) atoms. The second-order valence-electron chi connectivity index (χ2n) is 6.99. The van der Waals surface area contributed by atoms with Crippen molar-refractivity contribution in [3.63, 3.8) is 0 Å². The minimum absolute atomic E-state index is 0.0106. The van der Waals surface area contributed by atoms with Gasteiger partial charge in [0.25, 0.3) is 11.6 Å². The molecular weight excluding hydrogens is 449 g/mol. The van der Waals surface area contributed by atoms with Crippen LogP contribution in [0.2, 0.25) is 0 Å². The Morgan fingerprint density at radius 1 is 1.18 bits per heavy atom. The second kappa shape index (κ2) is 7.93. The number of nitro groups is 1. The lowest BCUT2D eigenvalue weighted by Gasteiger charge is -2.07. The van der Waals surface area contributed by atoms with E-state index in [0.29, 0.717) is 28.6 Å². The number of carboxylic acids is 1. The Balaban J connectivity index is 1.69. The Morgan fingerprint density at radius 2 is 1.91 bits per heavy atom. The zero-order chi connectivity index (χ0) is 23.9. The summed E-state index contributed by atoms with van der Waals surface area (Å²) in [6, 6.07) is 7.05. The van der Waals surface area contributed by atoms with E-state index in [1.807, 2.05) is 0 Å². The maximum atomic E-state index is 13.2. The Kier molecular flexibility index (Phi) is 5.24. The highest BCUT2D eigenvalue weighted by Crippen LogP contribution is 2.38. The van der Waals surface area contributed by atoms with Crippen molar-refractivity contribution in [3.05, 3.63) is 58.3 Å². The minimum atomic E-state index is -4.96. The smallest absolute Gasteiger partial charge is 0.423 e. The molecule has 0 aliphatic rings. The Labute approximate surface area is 181 Å². The standard InChI is InChI=1S/C20H13F3N4O6/c21-20(22,23)13-8-11(2-4-15(13)27(31)32)19-24-18(25-33-19)10-1-3-14-12(7-10)16(28)9-26(14)6-5-17(29)30/h1-4,7-9,28H,5-6H2,(H,29,30). The molecule has 13 heteroatoms. The number of halogens is 3. The zero-order valence-corrected chi connectivity index (χ0v) is 16.4. The summed E-state index contributed by atoms with van der Waals surface area (Å²) in [5, 5.41) is 34.1. The first-order chi connectivity index (χ1) is 15.5. The molecule has 2 aromatic heterocycles. The predicted octanol–water partition coefficient (Wildman–Crippen LogP) is 4.47. The predicted molar refractivity (Wildman–Crippen MR) is 106 cm³/mol. The molecule has 0 radical (unpaired) electrons. The van der Waals surface area contributed by atoms with E-state index in [1.54, 1.807) is 16.7 Å². The van der Waals surface area contributed by atoms with Gasteiger partial charge in [0.05, 0.1) is 16.9 Å². The fourth-order valence-corrected chi connectivity index (χ4v) is 3.33. The van der Waals surface area contributed by atoms with Gasteiger partial charge in [-0.25, -0.2) is 0 Å². The quantitative estimate of drug-likeness (QED) is 0.316. The average molecular weight is 462 g/mol. The number of rotatable bonds is 6. The maximum absolute atomic E-state index is 13.2. The topological polar surface area (TPSA) is 145 Å². The molecular formula is C20H13F3N4O6. The lowest BCUT2D eigenvalue weighted by atomic mass is 10.1. The van der Waals surface area contributed by atoms with E-state index in [0.717, 1.165) is 6.07 Å². The van der Waals surface area contributed by atoms with Gasteiger partial charge in [0.15, 0.2) is 0 Å². The van der Waals surface area contributed by atoms with Crippen molar-refractivity contribution < 1.29 is 37.6 Å². The van der Waals surface area contributed by atoms with E-state index in [4.69, 9.17) is 9.63 Å². The van der Waals surface area contributed by atoms with Crippen LogP contribution in [0.25, 0.3) is 33.7 Å². The summed E-state index contributed by atoms with van der Waals surface area (Å²) < 4.78 is 46.3. The molecule has 170 valence electrons. The molecule has 0 spiro atoms. The summed E-state index contributed by atoms with van der Waals surface area (Å²) in [4.78, 5) is 24.7. The first kappa shape index (κ1) is 21.8. The molecule has 0 aliphatic carbocycles. The number of aromatic hydroxyl groups is 1. The van der Waals surface area contributed by atoms with Gasteiger partial charge in [-0.05, 0) is 30.3 Å². The van der Waals surface area contributed by atoms with Gasteiger partial charge >= 0.3 is 12.1 Å². The summed E-state index contributed by atoms with van der Waals surface area (Å²) >= 11 is 0. The molecule has 0 saturated heterocycles. The normalized spacial score (nSPS) is 11.7. The van der Waals surface area contributed by atoms with E-state index >= 15 is 0 Å². The number of benzene rings is 2. The molecule has 2 heterocycles. The van der Waals surface area contributed by atoms with Crippen molar-refractivity contribution >= 4 is 22.6 Å². The van der Waals surface area contributed by atoms with Crippen LogP contribution < -0.4 is 0 Å². The molecule has 4 aromatic rings. The molecule has 10 nitrogen and oxygen atoms in total. The third kappa shape index (κ3) is 4.20. The van der Waals surface area contributed by atoms with Gasteiger partial charge in [-0.15, -0.1) is 0 Å². The summed E-state index contributed by atoms with van der Waals surface area (Å²) in [6.07, 6.45) is -3.72. The van der Waals surface area contributed by atoms with Crippen molar-refractivity contribution in [3.8, 4) is 28.6 Å². The molecule has 0 unspecified atom stereocenters. The lowest BCUT2D eigenvalue weighted by molar-refractivity contribution is -0.388. The molecule has 0 bridgehead atoms. The van der Waals surface area contributed by atoms with Crippen molar-refractivity contribution in [1.82, 2.24) is 14.7 Å².